The first kappa shape index (κ1) is 25.0. The molecule has 0 unspecified atom stereocenters. The van der Waals surface area contributed by atoms with E-state index in [1.165, 1.54) is 4.90 Å². The molecule has 2 aliphatic heterocycles. The van der Waals surface area contributed by atoms with Crippen molar-refractivity contribution < 1.29 is 23.8 Å². The Morgan fingerprint density at radius 1 is 1.08 bits per heavy atom. The summed E-state index contributed by atoms with van der Waals surface area (Å²) in [5.41, 5.74) is 2.14. The van der Waals surface area contributed by atoms with Crippen LogP contribution in [0.2, 0.25) is 5.02 Å². The summed E-state index contributed by atoms with van der Waals surface area (Å²) in [6, 6.07) is 7.38. The minimum Gasteiger partial charge on any atom is -0.489 e. The van der Waals surface area contributed by atoms with Gasteiger partial charge in [-0.05, 0) is 44.2 Å². The largest absolute Gasteiger partial charge is 0.489 e. The quantitative estimate of drug-likeness (QED) is 0.657. The third kappa shape index (κ3) is 5.22. The van der Waals surface area contributed by atoms with Gasteiger partial charge in [-0.15, -0.1) is 0 Å². The zero-order valence-electron chi connectivity index (χ0n) is 20.2. The van der Waals surface area contributed by atoms with E-state index in [0.29, 0.717) is 48.9 Å². The number of para-hydroxylation sites is 1. The van der Waals surface area contributed by atoms with Gasteiger partial charge in [0.15, 0.2) is 5.69 Å². The average molecular weight is 519 g/mol. The van der Waals surface area contributed by atoms with Gasteiger partial charge in [-0.2, -0.15) is 5.10 Å². The molecule has 8 nitrogen and oxygen atoms in total. The average Bonchev–Trinajstić information content (AvgIpc) is 3.25. The van der Waals surface area contributed by atoms with Gasteiger partial charge in [-0.1, -0.05) is 23.7 Å². The molecule has 1 N–H and O–H groups in total. The predicted molar refractivity (Wildman–Crippen MR) is 132 cm³/mol. The molecule has 1 aromatic carbocycles. The highest BCUT2D eigenvalue weighted by atomic mass is 35.5. The first-order valence-corrected chi connectivity index (χ1v) is 13.2. The van der Waals surface area contributed by atoms with Crippen molar-refractivity contribution in [1.29, 1.82) is 0 Å². The molecule has 3 heterocycles. The number of nitrogens with zero attached hydrogens (tertiary/aromatic N) is 4. The van der Waals surface area contributed by atoms with Crippen molar-refractivity contribution in [3.05, 3.63) is 46.2 Å². The maximum Gasteiger partial charge on any atom is 0.274 e. The van der Waals surface area contributed by atoms with Crippen molar-refractivity contribution in [3.8, 4) is 5.75 Å². The Labute approximate surface area is 215 Å². The smallest absolute Gasteiger partial charge is 0.274 e. The first-order chi connectivity index (χ1) is 17.4. The first-order valence-electron chi connectivity index (χ1n) is 12.8. The number of carbonyl (C=O) groups is 2. The number of alkyl halides is 1. The second-order valence-electron chi connectivity index (χ2n) is 9.89. The summed E-state index contributed by atoms with van der Waals surface area (Å²) in [6.45, 7) is 1.41. The number of hydrogen-bond donors (Lipinski definition) is 1. The van der Waals surface area contributed by atoms with E-state index < -0.39 is 12.3 Å². The molecule has 2 fully saturated rings. The van der Waals surface area contributed by atoms with Crippen molar-refractivity contribution in [2.24, 2.45) is 0 Å². The van der Waals surface area contributed by atoms with Gasteiger partial charge in [0.2, 0.25) is 5.91 Å². The van der Waals surface area contributed by atoms with Crippen molar-refractivity contribution in [1.82, 2.24) is 19.6 Å². The Kier molecular flexibility index (Phi) is 7.48. The van der Waals surface area contributed by atoms with Gasteiger partial charge in [0, 0.05) is 43.7 Å². The normalized spacial score (nSPS) is 22.9. The summed E-state index contributed by atoms with van der Waals surface area (Å²) in [7, 11) is 0. The number of aliphatic hydroxyl groups excluding tert-OH is 1. The molecule has 2 saturated heterocycles. The number of hydrogen-bond acceptors (Lipinski definition) is 5. The Hall–Kier alpha value is -2.65. The van der Waals surface area contributed by atoms with Crippen LogP contribution in [0.1, 0.15) is 53.8 Å². The van der Waals surface area contributed by atoms with Gasteiger partial charge < -0.3 is 19.6 Å². The number of aliphatic hydroxyl groups is 1. The Morgan fingerprint density at radius 2 is 1.81 bits per heavy atom. The lowest BCUT2D eigenvalue weighted by Crippen LogP contribution is -2.47. The molecule has 10 heteroatoms. The van der Waals surface area contributed by atoms with Crippen LogP contribution in [0.5, 0.6) is 5.75 Å². The molecule has 0 spiro atoms. The maximum atomic E-state index is 14.1. The molecule has 194 valence electrons. The number of rotatable bonds is 5. The zero-order chi connectivity index (χ0) is 25.2. The number of carbonyl (C=O) groups excluding carboxylic acids is 2. The number of amides is 2. The van der Waals surface area contributed by atoms with Crippen molar-refractivity contribution in [2.75, 3.05) is 26.2 Å². The van der Waals surface area contributed by atoms with E-state index in [9.17, 15) is 19.1 Å². The second-order valence-corrected chi connectivity index (χ2v) is 10.3. The van der Waals surface area contributed by atoms with Crippen molar-refractivity contribution >= 4 is 23.4 Å². The molecule has 3 aliphatic rings. The van der Waals surface area contributed by atoms with Gasteiger partial charge in [-0.25, -0.2) is 4.39 Å². The monoisotopic (exact) mass is 518 g/mol. The van der Waals surface area contributed by atoms with Crippen LogP contribution in [0.25, 0.3) is 0 Å². The topological polar surface area (TPSA) is 87.9 Å². The van der Waals surface area contributed by atoms with E-state index in [0.717, 1.165) is 36.9 Å². The predicted octanol–water partition coefficient (Wildman–Crippen LogP) is 3.03. The number of halogens is 2. The van der Waals surface area contributed by atoms with E-state index in [2.05, 4.69) is 5.10 Å². The Balaban J connectivity index is 1.23. The van der Waals surface area contributed by atoms with Crippen molar-refractivity contribution in [2.45, 2.75) is 69.9 Å². The minimum absolute atomic E-state index is 0.00183. The standard InChI is InChI=1S/C26H32ClFN4O4/c27-19-6-2-4-8-23(19)36-17-9-12-30(13-10-17)24(34)16-32-21-7-3-1-5-18(21)25(29-32)26(35)31-14-11-22(33)20(28)15-31/h2,4,6,8,17,20,22,33H,1,3,5,7,9-16H2/t20-,22+/m1/s1. The van der Waals surface area contributed by atoms with E-state index in [1.54, 1.807) is 10.7 Å². The number of benzene rings is 1. The molecular formula is C26H32ClFN4O4. The highest BCUT2D eigenvalue weighted by Crippen LogP contribution is 2.28. The van der Waals surface area contributed by atoms with Crippen molar-refractivity contribution in [3.63, 3.8) is 0 Å². The molecule has 2 atom stereocenters. The number of piperidine rings is 2. The summed E-state index contributed by atoms with van der Waals surface area (Å²) in [5, 5.41) is 14.8. The molecular weight excluding hydrogens is 487 g/mol. The summed E-state index contributed by atoms with van der Waals surface area (Å²) >= 11 is 6.20. The van der Waals surface area contributed by atoms with Gasteiger partial charge >= 0.3 is 0 Å². The molecule has 0 bridgehead atoms. The molecule has 36 heavy (non-hydrogen) atoms. The fourth-order valence-electron chi connectivity index (χ4n) is 5.37. The summed E-state index contributed by atoms with van der Waals surface area (Å²) in [4.78, 5) is 29.6. The van der Waals surface area contributed by atoms with Gasteiger partial charge in [0.25, 0.3) is 5.91 Å². The lowest BCUT2D eigenvalue weighted by atomic mass is 9.95. The minimum atomic E-state index is -1.45. The molecule has 2 amide bonds. The van der Waals surface area contributed by atoms with E-state index >= 15 is 0 Å². The van der Waals surface area contributed by atoms with Crippen LogP contribution >= 0.6 is 11.6 Å². The van der Waals surface area contributed by atoms with Gasteiger partial charge in [0.1, 0.15) is 24.6 Å². The third-order valence-electron chi connectivity index (χ3n) is 7.46. The fourth-order valence-corrected chi connectivity index (χ4v) is 5.55. The van der Waals surface area contributed by atoms with E-state index in [-0.39, 0.29) is 37.4 Å². The molecule has 0 saturated carbocycles. The molecule has 0 radical (unpaired) electrons. The zero-order valence-corrected chi connectivity index (χ0v) is 21.0. The van der Waals surface area contributed by atoms with Gasteiger partial charge in [-0.3, -0.25) is 14.3 Å². The van der Waals surface area contributed by atoms with Crippen LogP contribution in [0.15, 0.2) is 24.3 Å². The SMILES string of the molecule is O=C(Cn1nc(C(=O)N2CC[C@H](O)[C@H](F)C2)c2c1CCCC2)N1CCC(Oc2ccccc2Cl)CC1. The van der Waals surface area contributed by atoms with Crippen LogP contribution in [0, 0.1) is 0 Å². The molecule has 2 aromatic rings. The molecule has 1 aromatic heterocycles. The van der Waals surface area contributed by atoms with Gasteiger partial charge in [0.05, 0.1) is 17.7 Å². The van der Waals surface area contributed by atoms with Crippen LogP contribution in [-0.4, -0.2) is 81.1 Å². The Bertz CT molecular complexity index is 1120. The van der Waals surface area contributed by atoms with Crippen LogP contribution in [-0.2, 0) is 24.2 Å². The van der Waals surface area contributed by atoms with Crippen LogP contribution in [0.3, 0.4) is 0 Å². The highest BCUT2D eigenvalue weighted by Gasteiger charge is 2.34. The Morgan fingerprint density at radius 3 is 2.56 bits per heavy atom. The fraction of sp³-hybridized carbons (Fsp3) is 0.577. The third-order valence-corrected chi connectivity index (χ3v) is 7.78. The highest BCUT2D eigenvalue weighted by molar-refractivity contribution is 6.32. The summed E-state index contributed by atoms with van der Waals surface area (Å²) < 4.78 is 21.8. The van der Waals surface area contributed by atoms with Crippen LogP contribution in [0.4, 0.5) is 4.39 Å². The molecule has 1 aliphatic carbocycles. The number of likely N-dealkylation sites (tertiary alicyclic amines) is 2. The number of ether oxygens (including phenoxy) is 1. The maximum absolute atomic E-state index is 14.1. The lowest BCUT2D eigenvalue weighted by molar-refractivity contribution is -0.133. The van der Waals surface area contributed by atoms with E-state index in [1.807, 2.05) is 23.1 Å². The number of fused-ring (bicyclic) bond motifs is 1. The molecule has 5 rings (SSSR count). The summed E-state index contributed by atoms with van der Waals surface area (Å²) in [6.07, 6.45) is 2.58. The summed E-state index contributed by atoms with van der Waals surface area (Å²) in [5.74, 6) is 0.309. The number of aromatic nitrogens is 2. The van der Waals surface area contributed by atoms with Crippen LogP contribution < -0.4 is 4.74 Å². The lowest BCUT2D eigenvalue weighted by Gasteiger charge is -2.32. The second kappa shape index (κ2) is 10.8. The van der Waals surface area contributed by atoms with E-state index in [4.69, 9.17) is 16.3 Å².